The Bertz CT molecular complexity index is 1300. The van der Waals surface area contributed by atoms with Crippen LogP contribution >= 0.6 is 39.5 Å². The van der Waals surface area contributed by atoms with E-state index >= 15 is 0 Å². The normalized spacial score (nSPS) is 10.7. The van der Waals surface area contributed by atoms with E-state index < -0.39 is 0 Å². The second-order valence-corrected chi connectivity index (χ2v) is 9.40. The van der Waals surface area contributed by atoms with E-state index in [4.69, 9.17) is 17.0 Å². The Balaban J connectivity index is 1.34. The zero-order chi connectivity index (χ0) is 22.7. The molecule has 0 aliphatic rings. The Morgan fingerprint density at radius 1 is 1.12 bits per heavy atom. The molecule has 0 bridgehead atoms. The van der Waals surface area contributed by atoms with E-state index in [0.29, 0.717) is 10.9 Å². The molecule has 0 spiro atoms. The van der Waals surface area contributed by atoms with Crippen molar-refractivity contribution >= 4 is 66.4 Å². The minimum Gasteiger partial charge on any atom is -0.482 e. The zero-order valence-electron chi connectivity index (χ0n) is 17.4. The summed E-state index contributed by atoms with van der Waals surface area (Å²) in [4.78, 5) is 16.9. The predicted octanol–water partition coefficient (Wildman–Crippen LogP) is 6.23. The summed E-state index contributed by atoms with van der Waals surface area (Å²) in [6.07, 6.45) is 0. The van der Waals surface area contributed by atoms with Crippen LogP contribution in [0.2, 0.25) is 0 Å². The van der Waals surface area contributed by atoms with Crippen LogP contribution in [-0.2, 0) is 4.79 Å². The SMILES string of the molecule is Cc1cc(C)c(OCC(=O)NC(=S)Nc2nc(-c3ccc4ccccc4c3)cs2)c(Br)c1. The number of hydrogen-bond donors (Lipinski definition) is 2. The molecule has 0 aliphatic carbocycles. The summed E-state index contributed by atoms with van der Waals surface area (Å²) < 4.78 is 6.49. The molecular formula is C24H20BrN3O2S2. The molecule has 0 aliphatic heterocycles. The maximum atomic E-state index is 12.3. The lowest BCUT2D eigenvalue weighted by Crippen LogP contribution is -2.37. The summed E-state index contributed by atoms with van der Waals surface area (Å²) >= 11 is 10.2. The number of nitrogens with one attached hydrogen (secondary N) is 2. The van der Waals surface area contributed by atoms with Crippen molar-refractivity contribution in [1.82, 2.24) is 10.3 Å². The Morgan fingerprint density at radius 2 is 1.91 bits per heavy atom. The van der Waals surface area contributed by atoms with Gasteiger partial charge in [-0.05, 0) is 76.0 Å². The fraction of sp³-hybridized carbons (Fsp3) is 0.125. The topological polar surface area (TPSA) is 63.2 Å². The third-order valence-electron chi connectivity index (χ3n) is 4.74. The van der Waals surface area contributed by atoms with Crippen LogP contribution in [0.1, 0.15) is 11.1 Å². The van der Waals surface area contributed by atoms with Crippen LogP contribution in [-0.4, -0.2) is 22.6 Å². The van der Waals surface area contributed by atoms with Crippen molar-refractivity contribution < 1.29 is 9.53 Å². The lowest BCUT2D eigenvalue weighted by Gasteiger charge is -2.12. The fourth-order valence-corrected chi connectivity index (χ4v) is 5.11. The number of carbonyl (C=O) groups excluding carboxylic acids is 1. The Morgan fingerprint density at radius 3 is 2.69 bits per heavy atom. The summed E-state index contributed by atoms with van der Waals surface area (Å²) in [7, 11) is 0. The molecule has 1 heterocycles. The minimum absolute atomic E-state index is 0.148. The van der Waals surface area contributed by atoms with Gasteiger partial charge in [-0.2, -0.15) is 0 Å². The van der Waals surface area contributed by atoms with Gasteiger partial charge in [0.15, 0.2) is 16.9 Å². The van der Waals surface area contributed by atoms with Gasteiger partial charge in [-0.25, -0.2) is 4.98 Å². The molecule has 8 heteroatoms. The largest absolute Gasteiger partial charge is 0.482 e. The summed E-state index contributed by atoms with van der Waals surface area (Å²) in [5.41, 5.74) is 3.94. The molecule has 0 fully saturated rings. The van der Waals surface area contributed by atoms with Crippen LogP contribution in [0.15, 0.2) is 64.5 Å². The first-order chi connectivity index (χ1) is 15.4. The second-order valence-electron chi connectivity index (χ2n) is 7.28. The molecule has 1 amide bonds. The summed E-state index contributed by atoms with van der Waals surface area (Å²) in [5.74, 6) is 0.297. The number of thiazole rings is 1. The van der Waals surface area contributed by atoms with E-state index in [0.717, 1.165) is 32.2 Å². The van der Waals surface area contributed by atoms with E-state index in [1.807, 2.05) is 49.6 Å². The number of thiocarbonyl (C=S) groups is 1. The highest BCUT2D eigenvalue weighted by Crippen LogP contribution is 2.30. The lowest BCUT2D eigenvalue weighted by atomic mass is 10.1. The third-order valence-corrected chi connectivity index (χ3v) is 6.29. The minimum atomic E-state index is -0.347. The van der Waals surface area contributed by atoms with Crippen molar-refractivity contribution in [2.75, 3.05) is 11.9 Å². The highest BCUT2D eigenvalue weighted by molar-refractivity contribution is 9.10. The van der Waals surface area contributed by atoms with E-state index in [2.05, 4.69) is 55.8 Å². The smallest absolute Gasteiger partial charge is 0.264 e. The van der Waals surface area contributed by atoms with Gasteiger partial charge in [-0.1, -0.05) is 42.5 Å². The number of hydrogen-bond acceptors (Lipinski definition) is 5. The van der Waals surface area contributed by atoms with E-state index in [1.165, 1.54) is 16.7 Å². The number of aryl methyl sites for hydroxylation is 2. The van der Waals surface area contributed by atoms with Crippen molar-refractivity contribution in [3.63, 3.8) is 0 Å². The summed E-state index contributed by atoms with van der Waals surface area (Å²) in [5, 5.41) is 10.7. The van der Waals surface area contributed by atoms with Gasteiger partial charge in [-0.15, -0.1) is 11.3 Å². The number of halogens is 1. The molecule has 162 valence electrons. The molecule has 0 saturated carbocycles. The average Bonchev–Trinajstić information content (AvgIpc) is 3.20. The quantitative estimate of drug-likeness (QED) is 0.302. The molecule has 0 saturated heterocycles. The summed E-state index contributed by atoms with van der Waals surface area (Å²) in [6.45, 7) is 3.79. The number of rotatable bonds is 5. The number of nitrogens with zero attached hydrogens (tertiary/aromatic N) is 1. The molecule has 0 radical (unpaired) electrons. The van der Waals surface area contributed by atoms with Crippen molar-refractivity contribution in [3.05, 3.63) is 75.6 Å². The van der Waals surface area contributed by atoms with Crippen LogP contribution in [0.5, 0.6) is 5.75 Å². The van der Waals surface area contributed by atoms with Gasteiger partial charge in [-0.3, -0.25) is 10.1 Å². The van der Waals surface area contributed by atoms with Gasteiger partial charge in [0, 0.05) is 10.9 Å². The first kappa shape index (κ1) is 22.4. The molecule has 4 rings (SSSR count). The molecule has 32 heavy (non-hydrogen) atoms. The monoisotopic (exact) mass is 525 g/mol. The average molecular weight is 526 g/mol. The Labute approximate surface area is 204 Å². The molecule has 0 unspecified atom stereocenters. The van der Waals surface area contributed by atoms with Crippen LogP contribution in [0.3, 0.4) is 0 Å². The van der Waals surface area contributed by atoms with Crippen LogP contribution in [0.4, 0.5) is 5.13 Å². The maximum Gasteiger partial charge on any atom is 0.264 e. The summed E-state index contributed by atoms with van der Waals surface area (Å²) in [6, 6.07) is 18.4. The fourth-order valence-electron chi connectivity index (χ4n) is 3.33. The first-order valence-corrected chi connectivity index (χ1v) is 11.9. The third kappa shape index (κ3) is 5.32. The van der Waals surface area contributed by atoms with Gasteiger partial charge in [0.1, 0.15) is 5.75 Å². The molecule has 1 aromatic heterocycles. The van der Waals surface area contributed by atoms with Crippen LogP contribution in [0, 0.1) is 13.8 Å². The number of aromatic nitrogens is 1. The van der Waals surface area contributed by atoms with Gasteiger partial charge in [0.2, 0.25) is 0 Å². The zero-order valence-corrected chi connectivity index (χ0v) is 20.7. The molecule has 3 aromatic carbocycles. The van der Waals surface area contributed by atoms with Crippen LogP contribution in [0.25, 0.3) is 22.0 Å². The number of anilines is 1. The number of ether oxygens (including phenoxy) is 1. The number of amides is 1. The van der Waals surface area contributed by atoms with E-state index in [9.17, 15) is 4.79 Å². The van der Waals surface area contributed by atoms with Gasteiger partial charge >= 0.3 is 0 Å². The maximum absolute atomic E-state index is 12.3. The highest BCUT2D eigenvalue weighted by Gasteiger charge is 2.12. The highest BCUT2D eigenvalue weighted by atomic mass is 79.9. The van der Waals surface area contributed by atoms with Gasteiger partial charge in [0.05, 0.1) is 10.2 Å². The predicted molar refractivity (Wildman–Crippen MR) is 139 cm³/mol. The molecule has 2 N–H and O–H groups in total. The molecule has 0 atom stereocenters. The second kappa shape index (κ2) is 9.77. The lowest BCUT2D eigenvalue weighted by molar-refractivity contribution is -0.121. The number of carbonyl (C=O) groups is 1. The molecule has 4 aromatic rings. The molecule has 5 nitrogen and oxygen atoms in total. The van der Waals surface area contributed by atoms with Crippen molar-refractivity contribution in [2.24, 2.45) is 0 Å². The van der Waals surface area contributed by atoms with E-state index in [-0.39, 0.29) is 17.6 Å². The van der Waals surface area contributed by atoms with E-state index in [1.54, 1.807) is 0 Å². The molecular weight excluding hydrogens is 506 g/mol. The number of benzene rings is 3. The Hall–Kier alpha value is -2.81. The van der Waals surface area contributed by atoms with Crippen molar-refractivity contribution in [3.8, 4) is 17.0 Å². The Kier molecular flexibility index (Phi) is 6.83. The van der Waals surface area contributed by atoms with Crippen molar-refractivity contribution in [1.29, 1.82) is 0 Å². The first-order valence-electron chi connectivity index (χ1n) is 9.84. The van der Waals surface area contributed by atoms with Crippen LogP contribution < -0.4 is 15.4 Å². The van der Waals surface area contributed by atoms with Gasteiger partial charge in [0.25, 0.3) is 5.91 Å². The van der Waals surface area contributed by atoms with Gasteiger partial charge < -0.3 is 10.1 Å². The number of fused-ring (bicyclic) bond motifs is 1. The standard InChI is InChI=1S/C24H20BrN3O2S2/c1-14-9-15(2)22(19(25)10-14)30-12-21(29)27-23(31)28-24-26-20(13-32-24)18-8-7-16-5-3-4-6-17(16)11-18/h3-11,13H,12H2,1-2H3,(H2,26,27,28,29,31). The van der Waals surface area contributed by atoms with Crippen molar-refractivity contribution in [2.45, 2.75) is 13.8 Å².